The van der Waals surface area contributed by atoms with Crippen molar-refractivity contribution < 1.29 is 0 Å². The third-order valence-corrected chi connectivity index (χ3v) is 3.64. The second-order valence-electron chi connectivity index (χ2n) is 5.77. The summed E-state index contributed by atoms with van der Waals surface area (Å²) in [5, 5.41) is 5.09. The lowest BCUT2D eigenvalue weighted by atomic mass is 9.91. The highest BCUT2D eigenvalue weighted by Crippen LogP contribution is 2.31. The molecule has 5 heteroatoms. The van der Waals surface area contributed by atoms with E-state index in [-0.39, 0.29) is 5.41 Å². The van der Waals surface area contributed by atoms with Crippen LogP contribution >= 0.6 is 27.5 Å². The molecule has 102 valence electrons. The Morgan fingerprint density at radius 2 is 1.84 bits per heavy atom. The molecule has 1 aromatic carbocycles. The molecule has 0 saturated heterocycles. The van der Waals surface area contributed by atoms with E-state index in [1.54, 1.807) is 4.68 Å². The second-order valence-corrected chi connectivity index (χ2v) is 7.07. The number of benzene rings is 1. The Bertz CT molecular complexity index is 582. The van der Waals surface area contributed by atoms with E-state index in [4.69, 9.17) is 17.3 Å². The zero-order valence-corrected chi connectivity index (χ0v) is 13.6. The second kappa shape index (κ2) is 5.17. The molecule has 0 aliphatic rings. The molecule has 0 aliphatic heterocycles. The van der Waals surface area contributed by atoms with Crippen LogP contribution in [0.25, 0.3) is 5.69 Å². The van der Waals surface area contributed by atoms with Crippen molar-refractivity contribution in [2.45, 2.75) is 27.2 Å². The highest BCUT2D eigenvalue weighted by molar-refractivity contribution is 9.10. The van der Waals surface area contributed by atoms with E-state index < -0.39 is 0 Å². The fourth-order valence-electron chi connectivity index (χ4n) is 1.85. The van der Waals surface area contributed by atoms with Crippen LogP contribution in [0.15, 0.2) is 28.7 Å². The summed E-state index contributed by atoms with van der Waals surface area (Å²) in [6.07, 6.45) is 0.791. The van der Waals surface area contributed by atoms with E-state index >= 15 is 0 Å². The minimum absolute atomic E-state index is 0.120. The number of rotatable bonds is 2. The molecule has 1 aromatic heterocycles. The Kier molecular flexibility index (Phi) is 3.92. The van der Waals surface area contributed by atoms with Gasteiger partial charge in [-0.3, -0.25) is 0 Å². The molecule has 1 heterocycles. The maximum Gasteiger partial charge on any atom is 0.146 e. The summed E-state index contributed by atoms with van der Waals surface area (Å²) in [5.41, 5.74) is 7.92. The van der Waals surface area contributed by atoms with E-state index in [1.165, 1.54) is 0 Å². The van der Waals surface area contributed by atoms with Crippen LogP contribution in [0.5, 0.6) is 0 Å². The Morgan fingerprint density at radius 1 is 1.26 bits per heavy atom. The fraction of sp³-hybridized carbons (Fsp3) is 0.357. The number of halogens is 2. The van der Waals surface area contributed by atoms with Gasteiger partial charge in [-0.2, -0.15) is 5.10 Å². The zero-order chi connectivity index (χ0) is 14.2. The van der Waals surface area contributed by atoms with Gasteiger partial charge in [0.2, 0.25) is 0 Å². The Balaban J connectivity index is 2.43. The minimum atomic E-state index is 0.120. The maximum absolute atomic E-state index is 6.28. The van der Waals surface area contributed by atoms with Crippen LogP contribution in [0.3, 0.4) is 0 Å². The average molecular weight is 343 g/mol. The monoisotopic (exact) mass is 341 g/mol. The van der Waals surface area contributed by atoms with Gasteiger partial charge in [-0.15, -0.1) is 0 Å². The molecule has 0 amide bonds. The van der Waals surface area contributed by atoms with Crippen molar-refractivity contribution >= 4 is 33.3 Å². The van der Waals surface area contributed by atoms with Crippen molar-refractivity contribution in [1.82, 2.24) is 9.78 Å². The molecule has 2 N–H and O–H groups in total. The summed E-state index contributed by atoms with van der Waals surface area (Å²) in [7, 11) is 0. The van der Waals surface area contributed by atoms with Gasteiger partial charge in [-0.25, -0.2) is 4.68 Å². The average Bonchev–Trinajstić information content (AvgIpc) is 2.57. The van der Waals surface area contributed by atoms with Gasteiger partial charge >= 0.3 is 0 Å². The quantitative estimate of drug-likeness (QED) is 0.875. The summed E-state index contributed by atoms with van der Waals surface area (Å²) < 4.78 is 2.71. The molecule has 0 bridgehead atoms. The van der Waals surface area contributed by atoms with Crippen molar-refractivity contribution in [2.75, 3.05) is 5.73 Å². The standard InChI is InChI=1S/C14H17BrClN3/c1-14(2,3)8-11-12(16)13(17)19(18-11)10-6-4-9(15)5-7-10/h4-7H,8,17H2,1-3H3. The normalized spacial score (nSPS) is 11.8. The SMILES string of the molecule is CC(C)(C)Cc1nn(-c2ccc(Br)cc2)c(N)c1Cl. The molecule has 2 rings (SSSR count). The van der Waals surface area contributed by atoms with Gasteiger partial charge < -0.3 is 5.73 Å². The molecule has 0 radical (unpaired) electrons. The highest BCUT2D eigenvalue weighted by atomic mass is 79.9. The van der Waals surface area contributed by atoms with Crippen LogP contribution < -0.4 is 5.73 Å². The summed E-state index contributed by atoms with van der Waals surface area (Å²) in [4.78, 5) is 0. The van der Waals surface area contributed by atoms with Crippen LogP contribution in [-0.2, 0) is 6.42 Å². The van der Waals surface area contributed by atoms with E-state index in [2.05, 4.69) is 41.8 Å². The highest BCUT2D eigenvalue weighted by Gasteiger charge is 2.20. The molecule has 0 fully saturated rings. The molecule has 0 aliphatic carbocycles. The first-order chi connectivity index (χ1) is 8.78. The predicted octanol–water partition coefficient (Wildman–Crippen LogP) is 4.46. The van der Waals surface area contributed by atoms with Gasteiger partial charge in [-0.1, -0.05) is 48.3 Å². The van der Waals surface area contributed by atoms with Crippen molar-refractivity contribution in [3.63, 3.8) is 0 Å². The van der Waals surface area contributed by atoms with Crippen LogP contribution in [0.1, 0.15) is 26.5 Å². The first kappa shape index (κ1) is 14.4. The predicted molar refractivity (Wildman–Crippen MR) is 83.8 cm³/mol. The number of hydrogen-bond acceptors (Lipinski definition) is 2. The maximum atomic E-state index is 6.28. The van der Waals surface area contributed by atoms with Crippen molar-refractivity contribution in [3.8, 4) is 5.69 Å². The Morgan fingerprint density at radius 3 is 2.37 bits per heavy atom. The van der Waals surface area contributed by atoms with Crippen molar-refractivity contribution in [2.24, 2.45) is 5.41 Å². The third kappa shape index (κ3) is 3.31. The number of nitrogen functional groups attached to an aromatic ring is 1. The number of anilines is 1. The van der Waals surface area contributed by atoms with Gasteiger partial charge in [0.15, 0.2) is 0 Å². The fourth-order valence-corrected chi connectivity index (χ4v) is 2.30. The summed E-state index contributed by atoms with van der Waals surface area (Å²) in [5.74, 6) is 0.489. The first-order valence-corrected chi connectivity index (χ1v) is 7.24. The van der Waals surface area contributed by atoms with E-state index in [1.807, 2.05) is 24.3 Å². The zero-order valence-electron chi connectivity index (χ0n) is 11.2. The molecule has 3 nitrogen and oxygen atoms in total. The molecule has 2 aromatic rings. The number of hydrogen-bond donors (Lipinski definition) is 1. The van der Waals surface area contributed by atoms with E-state index in [9.17, 15) is 0 Å². The van der Waals surface area contributed by atoms with Crippen molar-refractivity contribution in [3.05, 3.63) is 39.5 Å². The van der Waals surface area contributed by atoms with Crippen LogP contribution in [0.4, 0.5) is 5.82 Å². The summed E-state index contributed by atoms with van der Waals surface area (Å²) in [6.45, 7) is 6.45. The summed E-state index contributed by atoms with van der Waals surface area (Å²) >= 11 is 9.69. The molecule has 0 atom stereocenters. The van der Waals surface area contributed by atoms with Gasteiger partial charge in [0.1, 0.15) is 10.8 Å². The van der Waals surface area contributed by atoms with Crippen LogP contribution in [-0.4, -0.2) is 9.78 Å². The Hall–Kier alpha value is -1.00. The number of aromatic nitrogens is 2. The van der Waals surface area contributed by atoms with Gasteiger partial charge in [0.05, 0.1) is 11.4 Å². The van der Waals surface area contributed by atoms with Gasteiger partial charge in [0.25, 0.3) is 0 Å². The number of nitrogens with zero attached hydrogens (tertiary/aromatic N) is 2. The first-order valence-electron chi connectivity index (χ1n) is 6.07. The lowest BCUT2D eigenvalue weighted by Gasteiger charge is -2.16. The Labute approximate surface area is 126 Å². The lowest BCUT2D eigenvalue weighted by Crippen LogP contribution is -2.10. The van der Waals surface area contributed by atoms with Crippen molar-refractivity contribution in [1.29, 1.82) is 0 Å². The largest absolute Gasteiger partial charge is 0.382 e. The van der Waals surface area contributed by atoms with E-state index in [0.717, 1.165) is 22.3 Å². The van der Waals surface area contributed by atoms with Gasteiger partial charge in [-0.05, 0) is 36.1 Å². The minimum Gasteiger partial charge on any atom is -0.382 e. The molecule has 0 saturated carbocycles. The topological polar surface area (TPSA) is 43.8 Å². The van der Waals surface area contributed by atoms with Crippen LogP contribution in [0.2, 0.25) is 5.02 Å². The lowest BCUT2D eigenvalue weighted by molar-refractivity contribution is 0.405. The van der Waals surface area contributed by atoms with Gasteiger partial charge in [0, 0.05) is 4.47 Å². The smallest absolute Gasteiger partial charge is 0.146 e. The molecular weight excluding hydrogens is 326 g/mol. The molecular formula is C14H17BrClN3. The van der Waals surface area contributed by atoms with Crippen LogP contribution in [0, 0.1) is 5.41 Å². The van der Waals surface area contributed by atoms with E-state index in [0.29, 0.717) is 10.8 Å². The molecule has 0 unspecified atom stereocenters. The molecule has 0 spiro atoms. The third-order valence-electron chi connectivity index (χ3n) is 2.70. The number of nitrogens with two attached hydrogens (primary N) is 1. The summed E-state index contributed by atoms with van der Waals surface area (Å²) in [6, 6.07) is 7.80. The molecule has 19 heavy (non-hydrogen) atoms.